The van der Waals surface area contributed by atoms with Gasteiger partial charge < -0.3 is 14.4 Å². The van der Waals surface area contributed by atoms with Gasteiger partial charge in [-0.05, 0) is 39.0 Å². The van der Waals surface area contributed by atoms with Crippen molar-refractivity contribution in [3.05, 3.63) is 47.1 Å². The SMILES string of the molecule is CCN(C)/C=N/c1cc(Cl)c(OC(C)COc2ccccc2)nc1C. The van der Waals surface area contributed by atoms with Crippen LogP contribution >= 0.6 is 11.6 Å². The van der Waals surface area contributed by atoms with Gasteiger partial charge in [0, 0.05) is 13.6 Å². The van der Waals surface area contributed by atoms with Gasteiger partial charge in [-0.15, -0.1) is 0 Å². The molecule has 5 nitrogen and oxygen atoms in total. The molecule has 0 radical (unpaired) electrons. The zero-order valence-corrected chi connectivity index (χ0v) is 15.8. The molecule has 1 aromatic carbocycles. The Morgan fingerprint density at radius 2 is 2.04 bits per heavy atom. The molecule has 0 bridgehead atoms. The lowest BCUT2D eigenvalue weighted by Crippen LogP contribution is -2.21. The molecule has 0 aliphatic rings. The van der Waals surface area contributed by atoms with E-state index in [1.807, 2.05) is 56.1 Å². The number of benzene rings is 1. The minimum absolute atomic E-state index is 0.190. The molecule has 0 amide bonds. The second-order valence-electron chi connectivity index (χ2n) is 5.75. The van der Waals surface area contributed by atoms with Crippen molar-refractivity contribution in [1.29, 1.82) is 0 Å². The molecule has 0 N–H and O–H groups in total. The van der Waals surface area contributed by atoms with Gasteiger partial charge in [0.1, 0.15) is 23.5 Å². The zero-order chi connectivity index (χ0) is 18.2. The smallest absolute Gasteiger partial charge is 0.233 e. The quantitative estimate of drug-likeness (QED) is 0.513. The van der Waals surface area contributed by atoms with Crippen LogP contribution in [0.15, 0.2) is 41.4 Å². The maximum Gasteiger partial charge on any atom is 0.233 e. The molecule has 2 rings (SSSR count). The number of ether oxygens (including phenoxy) is 2. The van der Waals surface area contributed by atoms with Gasteiger partial charge >= 0.3 is 0 Å². The Morgan fingerprint density at radius 3 is 2.72 bits per heavy atom. The topological polar surface area (TPSA) is 47.0 Å². The third-order valence-electron chi connectivity index (χ3n) is 3.54. The number of halogens is 1. The summed E-state index contributed by atoms with van der Waals surface area (Å²) in [5.74, 6) is 1.20. The van der Waals surface area contributed by atoms with Gasteiger partial charge in [0.05, 0.1) is 17.7 Å². The molecule has 2 aromatic rings. The Kier molecular flexibility index (Phi) is 7.07. The summed E-state index contributed by atoms with van der Waals surface area (Å²) in [6, 6.07) is 11.4. The number of para-hydroxylation sites is 1. The van der Waals surface area contributed by atoms with Crippen LogP contribution in [0, 0.1) is 6.92 Å². The average Bonchev–Trinajstić information content (AvgIpc) is 2.62. The van der Waals surface area contributed by atoms with Crippen LogP contribution in [0.5, 0.6) is 11.6 Å². The largest absolute Gasteiger partial charge is 0.490 e. The Morgan fingerprint density at radius 1 is 1.32 bits per heavy atom. The molecule has 0 fully saturated rings. The first-order valence-electron chi connectivity index (χ1n) is 8.25. The van der Waals surface area contributed by atoms with Crippen LogP contribution in [-0.4, -0.2) is 42.5 Å². The van der Waals surface area contributed by atoms with Crippen LogP contribution in [0.25, 0.3) is 0 Å². The number of aliphatic imine (C=N–C) groups is 1. The first-order valence-corrected chi connectivity index (χ1v) is 8.63. The molecule has 25 heavy (non-hydrogen) atoms. The van der Waals surface area contributed by atoms with E-state index < -0.39 is 0 Å². The summed E-state index contributed by atoms with van der Waals surface area (Å²) in [7, 11) is 1.96. The van der Waals surface area contributed by atoms with E-state index in [0.29, 0.717) is 17.5 Å². The fourth-order valence-electron chi connectivity index (χ4n) is 1.96. The van der Waals surface area contributed by atoms with E-state index in [1.165, 1.54) is 0 Å². The van der Waals surface area contributed by atoms with E-state index in [-0.39, 0.29) is 6.10 Å². The Balaban J connectivity index is 1.99. The maximum absolute atomic E-state index is 6.30. The van der Waals surface area contributed by atoms with Crippen LogP contribution in [-0.2, 0) is 0 Å². The highest BCUT2D eigenvalue weighted by atomic mass is 35.5. The summed E-state index contributed by atoms with van der Waals surface area (Å²) in [6.45, 7) is 7.14. The van der Waals surface area contributed by atoms with Crippen LogP contribution in [0.3, 0.4) is 0 Å². The average molecular weight is 362 g/mol. The molecule has 1 atom stereocenters. The van der Waals surface area contributed by atoms with Crippen molar-refractivity contribution < 1.29 is 9.47 Å². The van der Waals surface area contributed by atoms with Gasteiger partial charge in [0.25, 0.3) is 0 Å². The standard InChI is InChI=1S/C19H24ClN3O2/c1-5-23(4)13-21-18-11-17(20)19(22-15(18)3)25-14(2)12-24-16-9-7-6-8-10-16/h6-11,13-14H,5,12H2,1-4H3/b21-13+. The Labute approximate surface area is 154 Å². The fraction of sp³-hybridized carbons (Fsp3) is 0.368. The van der Waals surface area contributed by atoms with Crippen LogP contribution in [0.2, 0.25) is 5.02 Å². The van der Waals surface area contributed by atoms with Gasteiger partial charge in [-0.25, -0.2) is 9.98 Å². The molecular weight excluding hydrogens is 338 g/mol. The summed E-state index contributed by atoms with van der Waals surface area (Å²) in [5.41, 5.74) is 1.49. The fourth-order valence-corrected chi connectivity index (χ4v) is 2.15. The number of hydrogen-bond acceptors (Lipinski definition) is 4. The summed E-state index contributed by atoms with van der Waals surface area (Å²) in [5, 5.41) is 0.434. The van der Waals surface area contributed by atoms with Crippen molar-refractivity contribution >= 4 is 23.6 Å². The normalized spacial score (nSPS) is 12.2. The summed E-state index contributed by atoms with van der Waals surface area (Å²) in [4.78, 5) is 10.8. The predicted octanol–water partition coefficient (Wildman–Crippen LogP) is 4.50. The van der Waals surface area contributed by atoms with Gasteiger partial charge in [-0.1, -0.05) is 29.8 Å². The van der Waals surface area contributed by atoms with Gasteiger partial charge in [0.15, 0.2) is 0 Å². The number of hydrogen-bond donors (Lipinski definition) is 0. The highest BCUT2D eigenvalue weighted by molar-refractivity contribution is 6.32. The third-order valence-corrected chi connectivity index (χ3v) is 3.81. The summed E-state index contributed by atoms with van der Waals surface area (Å²) in [6.07, 6.45) is 1.57. The van der Waals surface area contributed by atoms with E-state index >= 15 is 0 Å². The number of pyridine rings is 1. The molecule has 1 heterocycles. The lowest BCUT2D eigenvalue weighted by Gasteiger charge is -2.16. The molecule has 0 spiro atoms. The van der Waals surface area contributed by atoms with E-state index in [2.05, 4.69) is 16.9 Å². The summed E-state index contributed by atoms with van der Waals surface area (Å²) >= 11 is 6.30. The molecule has 0 aliphatic carbocycles. The van der Waals surface area contributed by atoms with Crippen molar-refractivity contribution in [1.82, 2.24) is 9.88 Å². The van der Waals surface area contributed by atoms with E-state index in [1.54, 1.807) is 12.4 Å². The lowest BCUT2D eigenvalue weighted by atomic mass is 10.3. The highest BCUT2D eigenvalue weighted by Gasteiger charge is 2.13. The summed E-state index contributed by atoms with van der Waals surface area (Å²) < 4.78 is 11.5. The molecule has 1 unspecified atom stereocenters. The Hall–Kier alpha value is -2.27. The Bertz CT molecular complexity index is 707. The first-order chi connectivity index (χ1) is 12.0. The van der Waals surface area contributed by atoms with Crippen LogP contribution in [0.4, 0.5) is 5.69 Å². The predicted molar refractivity (Wildman–Crippen MR) is 102 cm³/mol. The molecule has 1 aromatic heterocycles. The van der Waals surface area contributed by atoms with Crippen molar-refractivity contribution in [2.45, 2.75) is 26.9 Å². The minimum atomic E-state index is -0.190. The molecule has 6 heteroatoms. The van der Waals surface area contributed by atoms with E-state index in [4.69, 9.17) is 21.1 Å². The highest BCUT2D eigenvalue weighted by Crippen LogP contribution is 2.29. The number of rotatable bonds is 8. The second kappa shape index (κ2) is 9.28. The minimum Gasteiger partial charge on any atom is -0.490 e. The second-order valence-corrected chi connectivity index (χ2v) is 6.16. The van der Waals surface area contributed by atoms with Crippen LogP contribution in [0.1, 0.15) is 19.5 Å². The van der Waals surface area contributed by atoms with Crippen molar-refractivity contribution in [3.8, 4) is 11.6 Å². The van der Waals surface area contributed by atoms with E-state index in [9.17, 15) is 0 Å². The van der Waals surface area contributed by atoms with Gasteiger partial charge in [-0.2, -0.15) is 0 Å². The van der Waals surface area contributed by atoms with Crippen LogP contribution < -0.4 is 9.47 Å². The first kappa shape index (κ1) is 19.1. The number of aryl methyl sites for hydroxylation is 1. The van der Waals surface area contributed by atoms with Gasteiger partial charge in [0.2, 0.25) is 5.88 Å². The van der Waals surface area contributed by atoms with Crippen molar-refractivity contribution in [2.24, 2.45) is 4.99 Å². The van der Waals surface area contributed by atoms with E-state index in [0.717, 1.165) is 23.7 Å². The molecule has 0 saturated heterocycles. The molecule has 134 valence electrons. The van der Waals surface area contributed by atoms with Gasteiger partial charge in [-0.3, -0.25) is 0 Å². The number of nitrogens with zero attached hydrogens (tertiary/aromatic N) is 3. The molecular formula is C19H24ClN3O2. The molecule has 0 saturated carbocycles. The van der Waals surface area contributed by atoms with Crippen molar-refractivity contribution in [2.75, 3.05) is 20.2 Å². The zero-order valence-electron chi connectivity index (χ0n) is 15.1. The lowest BCUT2D eigenvalue weighted by molar-refractivity contribution is 0.138. The molecule has 0 aliphatic heterocycles. The van der Waals surface area contributed by atoms with Crippen molar-refractivity contribution in [3.63, 3.8) is 0 Å². The maximum atomic E-state index is 6.30. The monoisotopic (exact) mass is 361 g/mol. The number of aromatic nitrogens is 1. The third kappa shape index (κ3) is 5.94.